The van der Waals surface area contributed by atoms with Gasteiger partial charge in [0, 0.05) is 12.6 Å². The summed E-state index contributed by atoms with van der Waals surface area (Å²) in [7, 11) is 1.43. The van der Waals surface area contributed by atoms with Gasteiger partial charge in [0.1, 0.15) is 18.7 Å². The first-order valence-corrected chi connectivity index (χ1v) is 9.63. The number of nitrogens with zero attached hydrogens (tertiary/aromatic N) is 1. The minimum atomic E-state index is -1.19. The molecular weight excluding hydrogens is 374 g/mol. The van der Waals surface area contributed by atoms with Crippen LogP contribution in [0.15, 0.2) is 30.3 Å². The molecule has 1 aliphatic rings. The van der Waals surface area contributed by atoms with Gasteiger partial charge in [-0.2, -0.15) is 0 Å². The Kier molecular flexibility index (Phi) is 7.13. The number of primary amides is 1. The van der Waals surface area contributed by atoms with Crippen LogP contribution in [-0.4, -0.2) is 60.2 Å². The normalized spacial score (nSPS) is 20.2. The smallest absolute Gasteiger partial charge is 0.251 e. The monoisotopic (exact) mass is 403 g/mol. The van der Waals surface area contributed by atoms with Gasteiger partial charge in [0.2, 0.25) is 11.8 Å². The standard InChI is InChI=1S/C21H29N3O5/c1-5-21(2,3)11-14(23-19(27)13-9-7-6-8-10-13)20(28)24(4)16-15(25)12-29-17(16)18(22)26/h6-10,14,16-17H,5,11-12H2,1-4H3,(H2,22,26)(H,23,27)/t14-,16?,17?/m0/s1. The molecule has 1 aromatic carbocycles. The maximum atomic E-state index is 13.3. The molecule has 1 aromatic rings. The molecule has 29 heavy (non-hydrogen) atoms. The lowest BCUT2D eigenvalue weighted by molar-refractivity contribution is -0.141. The van der Waals surface area contributed by atoms with Crippen molar-refractivity contribution < 1.29 is 23.9 Å². The van der Waals surface area contributed by atoms with Gasteiger partial charge in [-0.15, -0.1) is 0 Å². The average Bonchev–Trinajstić information content (AvgIpc) is 3.08. The first-order valence-electron chi connectivity index (χ1n) is 9.63. The Bertz CT molecular complexity index is 778. The molecule has 0 radical (unpaired) electrons. The Morgan fingerprint density at radius 1 is 1.28 bits per heavy atom. The van der Waals surface area contributed by atoms with Gasteiger partial charge in [0.05, 0.1) is 0 Å². The number of Topliss-reactive ketones (excluding diaryl/α,β-unsaturated/α-hetero) is 1. The van der Waals surface area contributed by atoms with Crippen LogP contribution in [-0.2, 0) is 19.1 Å². The number of ether oxygens (including phenoxy) is 1. The molecule has 2 unspecified atom stereocenters. The van der Waals surface area contributed by atoms with E-state index in [1.54, 1.807) is 30.3 Å². The number of amides is 3. The maximum absolute atomic E-state index is 13.3. The fraction of sp³-hybridized carbons (Fsp3) is 0.524. The zero-order chi connectivity index (χ0) is 21.8. The third kappa shape index (κ3) is 5.41. The lowest BCUT2D eigenvalue weighted by Crippen LogP contribution is -2.56. The molecule has 0 spiro atoms. The molecule has 1 fully saturated rings. The Morgan fingerprint density at radius 3 is 2.45 bits per heavy atom. The zero-order valence-corrected chi connectivity index (χ0v) is 17.3. The molecule has 3 N–H and O–H groups in total. The summed E-state index contributed by atoms with van der Waals surface area (Å²) in [5.41, 5.74) is 5.52. The molecule has 8 heteroatoms. The van der Waals surface area contributed by atoms with Crippen LogP contribution in [0.3, 0.4) is 0 Å². The quantitative estimate of drug-likeness (QED) is 0.668. The summed E-state index contributed by atoms with van der Waals surface area (Å²) in [6.07, 6.45) is -0.0353. The van der Waals surface area contributed by atoms with Gasteiger partial charge in [-0.25, -0.2) is 0 Å². The van der Waals surface area contributed by atoms with Crippen molar-refractivity contribution in [1.29, 1.82) is 0 Å². The van der Waals surface area contributed by atoms with Crippen molar-refractivity contribution in [2.24, 2.45) is 11.1 Å². The molecule has 2 rings (SSSR count). The lowest BCUT2D eigenvalue weighted by atomic mass is 9.82. The van der Waals surface area contributed by atoms with Gasteiger partial charge in [0.25, 0.3) is 5.91 Å². The van der Waals surface area contributed by atoms with E-state index < -0.39 is 35.8 Å². The molecule has 0 saturated carbocycles. The summed E-state index contributed by atoms with van der Waals surface area (Å²) in [6, 6.07) is 6.61. The highest BCUT2D eigenvalue weighted by Crippen LogP contribution is 2.28. The topological polar surface area (TPSA) is 119 Å². The highest BCUT2D eigenvalue weighted by atomic mass is 16.5. The van der Waals surface area contributed by atoms with Crippen LogP contribution in [0.1, 0.15) is 44.0 Å². The highest BCUT2D eigenvalue weighted by molar-refractivity contribution is 6.01. The number of rotatable bonds is 8. The second-order valence-electron chi connectivity index (χ2n) is 8.11. The number of nitrogens with two attached hydrogens (primary N) is 1. The van der Waals surface area contributed by atoms with E-state index in [1.807, 2.05) is 20.8 Å². The van der Waals surface area contributed by atoms with Crippen LogP contribution in [0, 0.1) is 5.41 Å². The van der Waals surface area contributed by atoms with Crippen molar-refractivity contribution in [3.05, 3.63) is 35.9 Å². The number of nitrogens with one attached hydrogen (secondary N) is 1. The zero-order valence-electron chi connectivity index (χ0n) is 17.3. The van der Waals surface area contributed by atoms with Crippen molar-refractivity contribution in [1.82, 2.24) is 10.2 Å². The van der Waals surface area contributed by atoms with E-state index in [0.29, 0.717) is 12.0 Å². The van der Waals surface area contributed by atoms with E-state index in [0.717, 1.165) is 6.42 Å². The SMILES string of the molecule is CCC(C)(C)C[C@H](NC(=O)c1ccccc1)C(=O)N(C)C1C(=O)COC1C(N)=O. The summed E-state index contributed by atoms with van der Waals surface area (Å²) < 4.78 is 5.16. The van der Waals surface area contributed by atoms with Crippen LogP contribution in [0.5, 0.6) is 0 Å². The average molecular weight is 403 g/mol. The van der Waals surface area contributed by atoms with Crippen LogP contribution < -0.4 is 11.1 Å². The van der Waals surface area contributed by atoms with Gasteiger partial charge in [-0.05, 0) is 24.0 Å². The van der Waals surface area contributed by atoms with Gasteiger partial charge < -0.3 is 20.7 Å². The van der Waals surface area contributed by atoms with E-state index in [2.05, 4.69) is 5.32 Å². The van der Waals surface area contributed by atoms with Crippen molar-refractivity contribution in [2.45, 2.75) is 51.8 Å². The van der Waals surface area contributed by atoms with Crippen molar-refractivity contribution in [2.75, 3.05) is 13.7 Å². The van der Waals surface area contributed by atoms with Crippen molar-refractivity contribution in [3.8, 4) is 0 Å². The van der Waals surface area contributed by atoms with E-state index in [1.165, 1.54) is 11.9 Å². The minimum absolute atomic E-state index is 0.232. The fourth-order valence-electron chi connectivity index (χ4n) is 3.29. The minimum Gasteiger partial charge on any atom is -0.367 e. The summed E-state index contributed by atoms with van der Waals surface area (Å²) in [6.45, 7) is 5.72. The number of ketones is 1. The number of hydrogen-bond donors (Lipinski definition) is 2. The van der Waals surface area contributed by atoms with Crippen LogP contribution in [0.4, 0.5) is 0 Å². The van der Waals surface area contributed by atoms with Gasteiger partial charge in [-0.3, -0.25) is 19.2 Å². The molecule has 158 valence electrons. The molecule has 0 aromatic heterocycles. The number of hydrogen-bond acceptors (Lipinski definition) is 5. The molecule has 1 heterocycles. The highest BCUT2D eigenvalue weighted by Gasteiger charge is 2.45. The fourth-order valence-corrected chi connectivity index (χ4v) is 3.29. The first kappa shape index (κ1) is 22.5. The van der Waals surface area contributed by atoms with Gasteiger partial charge >= 0.3 is 0 Å². The van der Waals surface area contributed by atoms with E-state index in [9.17, 15) is 19.2 Å². The predicted molar refractivity (Wildman–Crippen MR) is 107 cm³/mol. The Morgan fingerprint density at radius 2 is 1.90 bits per heavy atom. The Hall–Kier alpha value is -2.74. The largest absolute Gasteiger partial charge is 0.367 e. The third-order valence-electron chi connectivity index (χ3n) is 5.42. The molecule has 8 nitrogen and oxygen atoms in total. The van der Waals surface area contributed by atoms with Gasteiger partial charge in [-0.1, -0.05) is 45.4 Å². The molecular formula is C21H29N3O5. The van der Waals surface area contributed by atoms with Crippen molar-refractivity contribution in [3.63, 3.8) is 0 Å². The summed E-state index contributed by atoms with van der Waals surface area (Å²) in [5, 5.41) is 2.79. The van der Waals surface area contributed by atoms with E-state index in [-0.39, 0.29) is 17.9 Å². The van der Waals surface area contributed by atoms with E-state index >= 15 is 0 Å². The molecule has 0 bridgehead atoms. The maximum Gasteiger partial charge on any atom is 0.251 e. The number of carbonyl (C=O) groups is 4. The predicted octanol–water partition coefficient (Wildman–Crippen LogP) is 0.892. The summed E-state index contributed by atoms with van der Waals surface area (Å²) in [5.74, 6) is -2.05. The van der Waals surface area contributed by atoms with Crippen LogP contribution >= 0.6 is 0 Å². The van der Waals surface area contributed by atoms with Crippen LogP contribution in [0.25, 0.3) is 0 Å². The van der Waals surface area contributed by atoms with Gasteiger partial charge in [0.15, 0.2) is 11.9 Å². The lowest BCUT2D eigenvalue weighted by Gasteiger charge is -2.33. The number of benzene rings is 1. The Balaban J connectivity index is 2.27. The second-order valence-corrected chi connectivity index (χ2v) is 8.11. The summed E-state index contributed by atoms with van der Waals surface area (Å²) >= 11 is 0. The third-order valence-corrected chi connectivity index (χ3v) is 5.42. The van der Waals surface area contributed by atoms with Crippen molar-refractivity contribution >= 4 is 23.5 Å². The molecule has 3 amide bonds. The number of carbonyl (C=O) groups excluding carboxylic acids is 4. The molecule has 1 saturated heterocycles. The molecule has 1 aliphatic heterocycles. The summed E-state index contributed by atoms with van der Waals surface area (Å²) in [4.78, 5) is 51.0. The number of likely N-dealkylation sites (N-methyl/N-ethyl adjacent to an activating group) is 1. The second kappa shape index (κ2) is 9.17. The van der Waals surface area contributed by atoms with Crippen LogP contribution in [0.2, 0.25) is 0 Å². The molecule has 0 aliphatic carbocycles. The first-order chi connectivity index (χ1) is 13.6. The Labute approximate surface area is 170 Å². The molecule has 3 atom stereocenters. The van der Waals surface area contributed by atoms with E-state index in [4.69, 9.17) is 10.5 Å².